The maximum atomic E-state index is 13.1. The molecule has 0 bridgehead atoms. The van der Waals surface area contributed by atoms with Gasteiger partial charge in [-0.3, -0.25) is 9.52 Å². The largest absolute Gasteiger partial charge is 0.469 e. The first-order valence-corrected chi connectivity index (χ1v) is 8.32. The molecule has 1 aliphatic carbocycles. The van der Waals surface area contributed by atoms with Crippen molar-refractivity contribution in [3.8, 4) is 0 Å². The molecular weight excluding hydrogens is 321 g/mol. The van der Waals surface area contributed by atoms with Crippen molar-refractivity contribution in [2.75, 3.05) is 11.8 Å². The average molecular weight is 336 g/mol. The number of sulfonamides is 1. The zero-order chi connectivity index (χ0) is 15.6. The number of benzene rings is 1. The molecule has 0 aromatic heterocycles. The number of anilines is 1. The van der Waals surface area contributed by atoms with Gasteiger partial charge in [-0.2, -0.15) is 0 Å². The van der Waals surface area contributed by atoms with Gasteiger partial charge in [0.25, 0.3) is 0 Å². The molecule has 1 fully saturated rings. The minimum absolute atomic E-state index is 0.164. The fourth-order valence-electron chi connectivity index (χ4n) is 2.52. The Hall–Kier alpha value is -1.34. The lowest BCUT2D eigenvalue weighted by Crippen LogP contribution is -2.35. The molecule has 1 aromatic carbocycles. The first-order valence-electron chi connectivity index (χ1n) is 6.39. The van der Waals surface area contributed by atoms with E-state index in [0.717, 1.165) is 6.07 Å². The number of halogens is 2. The fourth-order valence-corrected chi connectivity index (χ4v) is 4.46. The van der Waals surface area contributed by atoms with Gasteiger partial charge in [-0.15, -0.1) is 0 Å². The molecule has 1 saturated carbocycles. The van der Waals surface area contributed by atoms with Crippen LogP contribution in [-0.4, -0.2) is 26.7 Å². The number of ether oxygens (including phenoxy) is 1. The van der Waals surface area contributed by atoms with Crippen LogP contribution in [-0.2, 0) is 19.6 Å². The Morgan fingerprint density at radius 2 is 2.14 bits per heavy atom. The van der Waals surface area contributed by atoms with E-state index in [1.807, 2.05) is 0 Å². The van der Waals surface area contributed by atoms with E-state index in [9.17, 15) is 17.6 Å². The van der Waals surface area contributed by atoms with Gasteiger partial charge in [0, 0.05) is 0 Å². The number of hydrogen-bond acceptors (Lipinski definition) is 4. The van der Waals surface area contributed by atoms with E-state index in [2.05, 4.69) is 9.46 Å². The lowest BCUT2D eigenvalue weighted by molar-refractivity contribution is -0.145. The second-order valence-electron chi connectivity index (χ2n) is 4.87. The van der Waals surface area contributed by atoms with Crippen LogP contribution < -0.4 is 4.72 Å². The molecule has 5 nitrogen and oxygen atoms in total. The van der Waals surface area contributed by atoms with Crippen molar-refractivity contribution in [1.29, 1.82) is 0 Å². The van der Waals surface area contributed by atoms with E-state index in [-0.39, 0.29) is 10.7 Å². The van der Waals surface area contributed by atoms with E-state index in [4.69, 9.17) is 11.6 Å². The number of carbonyl (C=O) groups is 1. The Kier molecular flexibility index (Phi) is 4.73. The fraction of sp³-hybridized carbons (Fsp3) is 0.462. The van der Waals surface area contributed by atoms with E-state index in [1.54, 1.807) is 0 Å². The highest BCUT2D eigenvalue weighted by Gasteiger charge is 2.42. The Balaban J connectivity index is 2.21. The van der Waals surface area contributed by atoms with Crippen molar-refractivity contribution in [3.05, 3.63) is 29.0 Å². The van der Waals surface area contributed by atoms with Crippen LogP contribution in [0.25, 0.3) is 0 Å². The highest BCUT2D eigenvalue weighted by Crippen LogP contribution is 2.33. The Bertz CT molecular complexity index is 650. The lowest BCUT2D eigenvalue weighted by atomic mass is 10.1. The molecular formula is C13H15ClFNO4S. The van der Waals surface area contributed by atoms with Gasteiger partial charge in [-0.1, -0.05) is 18.0 Å². The first kappa shape index (κ1) is 16.0. The minimum Gasteiger partial charge on any atom is -0.469 e. The third-order valence-corrected chi connectivity index (χ3v) is 5.71. The van der Waals surface area contributed by atoms with Crippen molar-refractivity contribution < 1.29 is 22.3 Å². The molecule has 0 aliphatic heterocycles. The lowest BCUT2D eigenvalue weighted by Gasteiger charge is -2.19. The van der Waals surface area contributed by atoms with Gasteiger partial charge in [-0.25, -0.2) is 12.8 Å². The van der Waals surface area contributed by atoms with Crippen LogP contribution in [0.3, 0.4) is 0 Å². The molecule has 0 heterocycles. The highest BCUT2D eigenvalue weighted by atomic mass is 35.5. The van der Waals surface area contributed by atoms with Crippen LogP contribution in [0.4, 0.5) is 10.1 Å². The zero-order valence-electron chi connectivity index (χ0n) is 11.3. The summed E-state index contributed by atoms with van der Waals surface area (Å²) in [5, 5.41) is -1.03. The van der Waals surface area contributed by atoms with Gasteiger partial charge in [-0.05, 0) is 31.0 Å². The van der Waals surface area contributed by atoms with Crippen LogP contribution >= 0.6 is 11.6 Å². The summed E-state index contributed by atoms with van der Waals surface area (Å²) in [4.78, 5) is 11.6. The normalized spacial score (nSPS) is 22.0. The summed E-state index contributed by atoms with van der Waals surface area (Å²) in [6.45, 7) is 0. The molecule has 0 radical (unpaired) electrons. The molecule has 0 amide bonds. The summed E-state index contributed by atoms with van der Waals surface area (Å²) in [6.07, 6.45) is 1.49. The number of hydrogen-bond donors (Lipinski definition) is 1. The number of carbonyl (C=O) groups excluding carboxylic acids is 1. The standard InChI is InChI=1S/C13H15ClFNO4S/c1-20-13(17)9-3-2-4-12(9)21(18,19)16-8-5-6-11(15)10(14)7-8/h5-7,9,12,16H,2-4H2,1H3. The van der Waals surface area contributed by atoms with Gasteiger partial charge in [0.2, 0.25) is 10.0 Å². The maximum absolute atomic E-state index is 13.1. The van der Waals surface area contributed by atoms with Crippen LogP contribution in [0.15, 0.2) is 18.2 Å². The quantitative estimate of drug-likeness (QED) is 0.858. The third kappa shape index (κ3) is 3.47. The summed E-state index contributed by atoms with van der Waals surface area (Å²) in [7, 11) is -2.55. The molecule has 1 N–H and O–H groups in total. The smallest absolute Gasteiger partial charge is 0.310 e. The van der Waals surface area contributed by atoms with E-state index < -0.39 is 33.0 Å². The average Bonchev–Trinajstić information content (AvgIpc) is 2.92. The summed E-state index contributed by atoms with van der Waals surface area (Å²) in [5.74, 6) is -1.84. The topological polar surface area (TPSA) is 72.5 Å². The van der Waals surface area contributed by atoms with Crippen molar-refractivity contribution in [2.24, 2.45) is 5.92 Å². The van der Waals surface area contributed by atoms with E-state index in [1.165, 1.54) is 19.2 Å². The highest BCUT2D eigenvalue weighted by molar-refractivity contribution is 7.93. The summed E-state index contributed by atoms with van der Waals surface area (Å²) < 4.78 is 44.8. The van der Waals surface area contributed by atoms with Crippen molar-refractivity contribution in [1.82, 2.24) is 0 Å². The van der Waals surface area contributed by atoms with Crippen molar-refractivity contribution >= 4 is 33.3 Å². The van der Waals surface area contributed by atoms with Gasteiger partial charge in [0.15, 0.2) is 0 Å². The van der Waals surface area contributed by atoms with Gasteiger partial charge in [0.05, 0.1) is 29.0 Å². The Morgan fingerprint density at radius 1 is 1.43 bits per heavy atom. The predicted octanol–water partition coefficient (Wildman–Crippen LogP) is 2.56. The molecule has 1 aromatic rings. The molecule has 0 spiro atoms. The molecule has 2 unspecified atom stereocenters. The maximum Gasteiger partial charge on any atom is 0.310 e. The summed E-state index contributed by atoms with van der Waals surface area (Å²) in [5.41, 5.74) is 0.164. The number of rotatable bonds is 4. The summed E-state index contributed by atoms with van der Waals surface area (Å²) >= 11 is 5.62. The van der Waals surface area contributed by atoms with Crippen molar-refractivity contribution in [2.45, 2.75) is 24.5 Å². The van der Waals surface area contributed by atoms with Crippen LogP contribution in [0.2, 0.25) is 5.02 Å². The molecule has 1 aliphatic rings. The second-order valence-corrected chi connectivity index (χ2v) is 7.18. The molecule has 2 atom stereocenters. The van der Waals surface area contributed by atoms with Gasteiger partial charge < -0.3 is 4.74 Å². The Morgan fingerprint density at radius 3 is 2.76 bits per heavy atom. The number of methoxy groups -OCH3 is 1. The number of nitrogens with one attached hydrogen (secondary N) is 1. The first-order chi connectivity index (χ1) is 9.85. The second kappa shape index (κ2) is 6.19. The van der Waals surface area contributed by atoms with E-state index >= 15 is 0 Å². The van der Waals surface area contributed by atoms with Crippen LogP contribution in [0.1, 0.15) is 19.3 Å². The van der Waals surface area contributed by atoms with E-state index in [0.29, 0.717) is 19.3 Å². The Labute approximate surface area is 127 Å². The molecule has 2 rings (SSSR count). The van der Waals surface area contributed by atoms with Crippen LogP contribution in [0, 0.1) is 11.7 Å². The molecule has 21 heavy (non-hydrogen) atoms. The molecule has 8 heteroatoms. The van der Waals surface area contributed by atoms with Gasteiger partial charge >= 0.3 is 5.97 Å². The molecule has 0 saturated heterocycles. The summed E-state index contributed by atoms with van der Waals surface area (Å²) in [6, 6.07) is 3.55. The molecule has 116 valence electrons. The zero-order valence-corrected chi connectivity index (χ0v) is 12.9. The monoisotopic (exact) mass is 335 g/mol. The van der Waals surface area contributed by atoms with Gasteiger partial charge in [0.1, 0.15) is 5.82 Å². The van der Waals surface area contributed by atoms with Crippen LogP contribution in [0.5, 0.6) is 0 Å². The predicted molar refractivity (Wildman–Crippen MR) is 77.1 cm³/mol. The number of esters is 1. The minimum atomic E-state index is -3.78. The third-order valence-electron chi connectivity index (χ3n) is 3.53. The van der Waals surface area contributed by atoms with Crippen molar-refractivity contribution in [3.63, 3.8) is 0 Å². The SMILES string of the molecule is COC(=O)C1CCCC1S(=O)(=O)Nc1ccc(F)c(Cl)c1.